The van der Waals surface area contributed by atoms with E-state index in [1.807, 2.05) is 6.08 Å². The van der Waals surface area contributed by atoms with Crippen molar-refractivity contribution >= 4 is 18.0 Å². The van der Waals surface area contributed by atoms with E-state index in [1.54, 1.807) is 19.3 Å². The lowest BCUT2D eigenvalue weighted by Gasteiger charge is -2.36. The number of fused-ring (bicyclic) bond motifs is 3. The molecule has 0 radical (unpaired) electrons. The van der Waals surface area contributed by atoms with Gasteiger partial charge in [0.1, 0.15) is 11.8 Å². The summed E-state index contributed by atoms with van der Waals surface area (Å²) < 4.78 is 0. The first-order chi connectivity index (χ1) is 9.58. The quantitative estimate of drug-likeness (QED) is 0.795. The Kier molecular flexibility index (Phi) is 3.30. The number of allylic oxidation sites excluding steroid dienone is 1. The van der Waals surface area contributed by atoms with E-state index in [-0.39, 0.29) is 23.7 Å². The van der Waals surface area contributed by atoms with Crippen molar-refractivity contribution < 1.29 is 14.7 Å². The van der Waals surface area contributed by atoms with Gasteiger partial charge in [-0.2, -0.15) is 0 Å². The number of Topliss-reactive ketones (excluding diaryl/α,β-unsaturated/α-hetero) is 1. The van der Waals surface area contributed by atoms with Gasteiger partial charge in [0.2, 0.25) is 0 Å². The molecule has 0 aromatic carbocycles. The minimum atomic E-state index is -0.819. The van der Waals surface area contributed by atoms with E-state index in [2.05, 4.69) is 10.3 Å². The van der Waals surface area contributed by atoms with Gasteiger partial charge in [0, 0.05) is 24.4 Å². The van der Waals surface area contributed by atoms with Crippen LogP contribution in [-0.4, -0.2) is 35.2 Å². The molecule has 3 unspecified atom stereocenters. The molecule has 2 aliphatic heterocycles. The number of rotatable bonds is 2. The maximum atomic E-state index is 11.9. The average Bonchev–Trinajstić information content (AvgIpc) is 2.75. The van der Waals surface area contributed by atoms with Crippen molar-refractivity contribution in [3.63, 3.8) is 0 Å². The third-order valence-electron chi connectivity index (χ3n) is 4.52. The number of ketones is 1. The van der Waals surface area contributed by atoms with E-state index < -0.39 is 12.0 Å². The van der Waals surface area contributed by atoms with E-state index in [0.29, 0.717) is 6.42 Å². The maximum Gasteiger partial charge on any atom is 0.320 e. The maximum absolute atomic E-state index is 11.9. The molecule has 1 saturated heterocycles. The van der Waals surface area contributed by atoms with E-state index in [1.165, 1.54) is 0 Å². The van der Waals surface area contributed by atoms with Crippen LogP contribution in [0.2, 0.25) is 0 Å². The van der Waals surface area contributed by atoms with Crippen molar-refractivity contribution in [1.82, 2.24) is 5.32 Å². The average molecular weight is 274 g/mol. The number of carbonyl (C=O) groups excluding carboxylic acids is 1. The second-order valence-corrected chi connectivity index (χ2v) is 5.75. The van der Waals surface area contributed by atoms with Gasteiger partial charge in [0.25, 0.3) is 0 Å². The van der Waals surface area contributed by atoms with Crippen molar-refractivity contribution in [2.45, 2.75) is 38.3 Å². The van der Waals surface area contributed by atoms with Gasteiger partial charge in [0.05, 0.1) is 0 Å². The van der Waals surface area contributed by atoms with Crippen molar-refractivity contribution in [2.24, 2.45) is 16.8 Å². The van der Waals surface area contributed by atoms with Gasteiger partial charge in [-0.1, -0.05) is 12.5 Å². The summed E-state index contributed by atoms with van der Waals surface area (Å²) in [4.78, 5) is 27.4. The smallest absolute Gasteiger partial charge is 0.320 e. The van der Waals surface area contributed by atoms with E-state index in [0.717, 1.165) is 24.0 Å². The molecule has 3 aliphatic rings. The minimum absolute atomic E-state index is 0.0880. The summed E-state index contributed by atoms with van der Waals surface area (Å²) in [5, 5.41) is 12.5. The molecule has 0 amide bonds. The number of aliphatic carboxylic acids is 1. The van der Waals surface area contributed by atoms with E-state index in [4.69, 9.17) is 0 Å². The Morgan fingerprint density at radius 1 is 1.40 bits per heavy atom. The number of hydrogen-bond acceptors (Lipinski definition) is 4. The Morgan fingerprint density at radius 3 is 2.90 bits per heavy atom. The number of nitrogens with one attached hydrogen (secondary N) is 1. The van der Waals surface area contributed by atoms with Crippen molar-refractivity contribution in [3.8, 4) is 0 Å². The largest absolute Gasteiger partial charge is 0.480 e. The highest BCUT2D eigenvalue weighted by atomic mass is 16.4. The van der Waals surface area contributed by atoms with Crippen LogP contribution in [0.25, 0.3) is 0 Å². The lowest BCUT2D eigenvalue weighted by molar-refractivity contribution is -0.139. The van der Waals surface area contributed by atoms with Crippen LogP contribution in [0.15, 0.2) is 28.4 Å². The van der Waals surface area contributed by atoms with Crippen LogP contribution in [0.3, 0.4) is 0 Å². The first kappa shape index (κ1) is 13.2. The molecule has 0 aromatic rings. The highest BCUT2D eigenvalue weighted by molar-refractivity contribution is 5.92. The Bertz CT molecular complexity index is 547. The summed E-state index contributed by atoms with van der Waals surface area (Å²) in [5.41, 5.74) is 1.99. The van der Waals surface area contributed by atoms with E-state index >= 15 is 0 Å². The SMILES string of the molecule is CC(=O)C1C=C2C=NC=C2C2N[C@H](C(=O)O)CCCC12. The zero-order valence-electron chi connectivity index (χ0n) is 11.4. The normalized spacial score (nSPS) is 35.5. The van der Waals surface area contributed by atoms with Crippen LogP contribution in [-0.2, 0) is 9.59 Å². The van der Waals surface area contributed by atoms with Crippen molar-refractivity contribution in [1.29, 1.82) is 0 Å². The number of carbonyl (C=O) groups is 2. The zero-order chi connectivity index (χ0) is 14.3. The Morgan fingerprint density at radius 2 is 2.20 bits per heavy atom. The summed E-state index contributed by atoms with van der Waals surface area (Å²) in [6, 6.07) is -0.631. The van der Waals surface area contributed by atoms with Gasteiger partial charge in [-0.15, -0.1) is 0 Å². The first-order valence-corrected chi connectivity index (χ1v) is 7.02. The summed E-state index contributed by atoms with van der Waals surface area (Å²) >= 11 is 0. The standard InChI is InChI=1S/C15H18N2O3/c1-8(18)11-5-9-6-16-7-12(9)14-10(11)3-2-4-13(17-14)15(19)20/h5-7,10-11,13-14,17H,2-4H2,1H3,(H,19,20)/t10?,11?,13-,14?/m0/s1. The number of carboxylic acid groups (broad SMARTS) is 1. The third kappa shape index (κ3) is 2.12. The molecule has 4 atom stereocenters. The Hall–Kier alpha value is -1.75. The molecule has 106 valence electrons. The van der Waals surface area contributed by atoms with Gasteiger partial charge in [-0.25, -0.2) is 0 Å². The van der Waals surface area contributed by atoms with Crippen LogP contribution < -0.4 is 5.32 Å². The summed E-state index contributed by atoms with van der Waals surface area (Å²) in [6.45, 7) is 1.61. The molecule has 20 heavy (non-hydrogen) atoms. The number of hydrogen-bond donors (Lipinski definition) is 2. The van der Waals surface area contributed by atoms with Gasteiger partial charge in [0.15, 0.2) is 0 Å². The van der Waals surface area contributed by atoms with E-state index in [9.17, 15) is 14.7 Å². The van der Waals surface area contributed by atoms with Crippen LogP contribution >= 0.6 is 0 Å². The number of carboxylic acids is 1. The van der Waals surface area contributed by atoms with Crippen LogP contribution in [0.4, 0.5) is 0 Å². The highest BCUT2D eigenvalue weighted by Crippen LogP contribution is 2.39. The van der Waals surface area contributed by atoms with Gasteiger partial charge in [-0.3, -0.25) is 19.9 Å². The lowest BCUT2D eigenvalue weighted by atomic mass is 9.72. The molecule has 1 fully saturated rings. The molecule has 0 bridgehead atoms. The predicted molar refractivity (Wildman–Crippen MR) is 74.5 cm³/mol. The summed E-state index contributed by atoms with van der Waals surface area (Å²) in [5.74, 6) is -0.687. The topological polar surface area (TPSA) is 78.8 Å². The number of aliphatic imine (C=N–C) groups is 1. The highest BCUT2D eigenvalue weighted by Gasteiger charge is 2.42. The predicted octanol–water partition coefficient (Wildman–Crippen LogP) is 1.31. The molecule has 0 saturated carbocycles. The van der Waals surface area contributed by atoms with Crippen molar-refractivity contribution in [3.05, 3.63) is 23.4 Å². The van der Waals surface area contributed by atoms with Crippen molar-refractivity contribution in [2.75, 3.05) is 0 Å². The molecule has 0 spiro atoms. The van der Waals surface area contributed by atoms with Crippen LogP contribution in [0.5, 0.6) is 0 Å². The van der Waals surface area contributed by atoms with Gasteiger partial charge < -0.3 is 5.11 Å². The molecular weight excluding hydrogens is 256 g/mol. The second kappa shape index (κ2) is 4.98. The monoisotopic (exact) mass is 274 g/mol. The van der Waals surface area contributed by atoms with Crippen LogP contribution in [0.1, 0.15) is 26.2 Å². The zero-order valence-corrected chi connectivity index (χ0v) is 11.4. The molecule has 3 rings (SSSR count). The Balaban J connectivity index is 1.98. The third-order valence-corrected chi connectivity index (χ3v) is 4.52. The molecule has 0 aromatic heterocycles. The fourth-order valence-electron chi connectivity index (χ4n) is 3.53. The molecule has 5 nitrogen and oxygen atoms in total. The molecule has 5 heteroatoms. The molecule has 1 aliphatic carbocycles. The molecular formula is C15H18N2O3. The Labute approximate surface area is 117 Å². The first-order valence-electron chi connectivity index (χ1n) is 7.02. The molecule has 2 N–H and O–H groups in total. The lowest BCUT2D eigenvalue weighted by Crippen LogP contribution is -2.49. The molecule has 2 heterocycles. The summed E-state index contributed by atoms with van der Waals surface area (Å²) in [7, 11) is 0. The fourth-order valence-corrected chi connectivity index (χ4v) is 3.53. The number of nitrogens with zero attached hydrogens (tertiary/aromatic N) is 1. The van der Waals surface area contributed by atoms with Gasteiger partial charge in [-0.05, 0) is 36.8 Å². The minimum Gasteiger partial charge on any atom is -0.480 e. The fraction of sp³-hybridized carbons (Fsp3) is 0.533. The van der Waals surface area contributed by atoms with Crippen LogP contribution in [0, 0.1) is 11.8 Å². The second-order valence-electron chi connectivity index (χ2n) is 5.75. The van der Waals surface area contributed by atoms with Gasteiger partial charge >= 0.3 is 5.97 Å². The summed E-state index contributed by atoms with van der Waals surface area (Å²) in [6.07, 6.45) is 7.84.